The molecule has 0 bridgehead atoms. The number of hydrogen-bond acceptors (Lipinski definition) is 6. The zero-order chi connectivity index (χ0) is 47.5. The molecule has 2 aliphatic carbocycles. The number of thiophene rings is 2. The van der Waals surface area contributed by atoms with E-state index in [1.54, 1.807) is 0 Å². The molecule has 0 amide bonds. The summed E-state index contributed by atoms with van der Waals surface area (Å²) in [6.07, 6.45) is 0. The predicted molar refractivity (Wildman–Crippen MR) is 285 cm³/mol. The Kier molecular flexibility index (Phi) is 9.58. The van der Waals surface area contributed by atoms with Crippen LogP contribution in [0.4, 0.5) is 0 Å². The zero-order valence-electron chi connectivity index (χ0n) is 41.3. The number of benzene rings is 6. The summed E-state index contributed by atoms with van der Waals surface area (Å²) in [5, 5.41) is 2.58. The molecular weight excluding hydrogens is 870 g/mol. The zero-order valence-corrected chi connectivity index (χ0v) is 42.9. The van der Waals surface area contributed by atoms with E-state index in [0.717, 1.165) is 9.55 Å². The van der Waals surface area contributed by atoms with Gasteiger partial charge in [-0.15, -0.1) is 22.7 Å². The van der Waals surface area contributed by atoms with Crippen molar-refractivity contribution < 1.29 is 18.6 Å². The first-order chi connectivity index (χ1) is 32.3. The van der Waals surface area contributed by atoms with E-state index < -0.39 is 47.5 Å². The molecular formula is C60H58B2O4S2. The summed E-state index contributed by atoms with van der Waals surface area (Å²) >= 11 is 3.65. The van der Waals surface area contributed by atoms with Crippen LogP contribution in [0.2, 0.25) is 0 Å². The highest BCUT2D eigenvalue weighted by Gasteiger charge is 2.56. The molecule has 68 heavy (non-hydrogen) atoms. The summed E-state index contributed by atoms with van der Waals surface area (Å²) in [7, 11) is -1.01. The highest BCUT2D eigenvalue weighted by molar-refractivity contribution is 7.26. The summed E-state index contributed by atoms with van der Waals surface area (Å²) < 4.78 is 29.7. The lowest BCUT2D eigenvalue weighted by Gasteiger charge is -2.44. The maximum Gasteiger partial charge on any atom is 0.505 e. The molecule has 8 heteroatoms. The third-order valence-electron chi connectivity index (χ3n) is 16.7. The SMILES string of the molecule is Cc1ccc(C2(c3ccc(C)cc3)c3cc(B4OC(C)(C)C(C)(C)O4)sc3-c3ccc4c5c(ccc2c35)-c2sc(B3OC(C)(C)C(C)(C)O3)cc2C4(c2ccc(C)cc2)c2ccc(C)cc2)cc1. The normalized spacial score (nSPS) is 19.6. The van der Waals surface area contributed by atoms with Crippen molar-refractivity contribution in [1.82, 2.24) is 0 Å². The largest absolute Gasteiger partial charge is 0.505 e. The van der Waals surface area contributed by atoms with Gasteiger partial charge in [0.25, 0.3) is 0 Å². The standard InChI is InChI=1S/C60H58B2O4S2/c1-35-13-21-39(22-14-35)59(40-23-15-36(2)16-24-40)45-31-29-44-52-46(32-30-43(51(45)52)53-47(59)33-49(67-53)61-63-55(5,6)56(7,8)64-61)60(41-25-17-37(3)18-26-41,42-27-19-38(4)20-28-42)48-34-50(68-54(44)48)62-65-57(9,10)58(11,12)66-62/h13-34H,1-12H3. The molecule has 0 radical (unpaired) electrons. The second-order valence-electron chi connectivity index (χ2n) is 22.0. The lowest BCUT2D eigenvalue weighted by molar-refractivity contribution is 0.00578. The Morgan fingerprint density at radius 3 is 0.868 bits per heavy atom. The van der Waals surface area contributed by atoms with E-state index in [4.69, 9.17) is 18.6 Å². The molecule has 4 heterocycles. The van der Waals surface area contributed by atoms with Crippen LogP contribution >= 0.6 is 22.7 Å². The van der Waals surface area contributed by atoms with Gasteiger partial charge in [-0.05, 0) is 150 Å². The van der Waals surface area contributed by atoms with Gasteiger partial charge >= 0.3 is 14.2 Å². The topological polar surface area (TPSA) is 36.9 Å². The summed E-state index contributed by atoms with van der Waals surface area (Å²) in [5.74, 6) is 0. The lowest BCUT2D eigenvalue weighted by Crippen LogP contribution is -2.41. The Bertz CT molecular complexity index is 2990. The van der Waals surface area contributed by atoms with E-state index in [1.807, 2.05) is 22.7 Å². The van der Waals surface area contributed by atoms with Crippen molar-refractivity contribution >= 4 is 57.2 Å². The minimum Gasteiger partial charge on any atom is -0.399 e. The van der Waals surface area contributed by atoms with Crippen LogP contribution in [0.3, 0.4) is 0 Å². The van der Waals surface area contributed by atoms with Crippen molar-refractivity contribution in [1.29, 1.82) is 0 Å². The van der Waals surface area contributed by atoms with E-state index >= 15 is 0 Å². The average molecular weight is 929 g/mol. The van der Waals surface area contributed by atoms with E-state index in [1.165, 1.54) is 98.4 Å². The van der Waals surface area contributed by atoms with Crippen LogP contribution in [0.15, 0.2) is 133 Å². The Labute approximate surface area is 411 Å². The Balaban J connectivity index is 1.24. The molecule has 6 aromatic carbocycles. The molecule has 340 valence electrons. The van der Waals surface area contributed by atoms with Crippen molar-refractivity contribution in [3.05, 3.63) is 200 Å². The molecule has 2 fully saturated rings. The van der Waals surface area contributed by atoms with Crippen molar-refractivity contribution in [2.75, 3.05) is 0 Å². The molecule has 2 saturated heterocycles. The lowest BCUT2D eigenvalue weighted by atomic mass is 9.57. The van der Waals surface area contributed by atoms with Gasteiger partial charge in [0.15, 0.2) is 0 Å². The molecule has 0 spiro atoms. The first kappa shape index (κ1) is 44.2. The summed E-state index contributed by atoms with van der Waals surface area (Å²) in [4.78, 5) is 2.50. The first-order valence-corrected chi connectivity index (χ1v) is 25.8. The second kappa shape index (κ2) is 14.7. The van der Waals surface area contributed by atoms with Crippen LogP contribution in [0.5, 0.6) is 0 Å². The van der Waals surface area contributed by atoms with Gasteiger partial charge in [0.05, 0.1) is 33.2 Å². The third-order valence-corrected chi connectivity index (χ3v) is 19.1. The first-order valence-electron chi connectivity index (χ1n) is 24.2. The number of aryl methyl sites for hydroxylation is 4. The van der Waals surface area contributed by atoms with Gasteiger partial charge in [0.2, 0.25) is 0 Å². The van der Waals surface area contributed by atoms with Crippen LogP contribution in [-0.4, -0.2) is 36.6 Å². The molecule has 8 aromatic rings. The highest BCUT2D eigenvalue weighted by Crippen LogP contribution is 2.63. The van der Waals surface area contributed by atoms with Crippen LogP contribution < -0.4 is 9.55 Å². The monoisotopic (exact) mass is 928 g/mol. The fourth-order valence-electron chi connectivity index (χ4n) is 11.5. The van der Waals surface area contributed by atoms with Gasteiger partial charge in [-0.1, -0.05) is 144 Å². The van der Waals surface area contributed by atoms with Crippen molar-refractivity contribution in [2.24, 2.45) is 0 Å². The van der Waals surface area contributed by atoms with Gasteiger partial charge in [0, 0.05) is 30.4 Å². The quantitative estimate of drug-likeness (QED) is 0.156. The van der Waals surface area contributed by atoms with E-state index in [9.17, 15) is 0 Å². The maximum absolute atomic E-state index is 6.87. The molecule has 0 saturated carbocycles. The van der Waals surface area contributed by atoms with Crippen LogP contribution in [0, 0.1) is 27.7 Å². The predicted octanol–water partition coefficient (Wildman–Crippen LogP) is 13.5. The van der Waals surface area contributed by atoms with Crippen LogP contribution in [0.1, 0.15) is 122 Å². The van der Waals surface area contributed by atoms with E-state index in [2.05, 4.69) is 217 Å². The number of fused-ring (bicyclic) bond motifs is 4. The van der Waals surface area contributed by atoms with Gasteiger partial charge in [-0.25, -0.2) is 0 Å². The molecule has 12 rings (SSSR count). The molecule has 0 unspecified atom stereocenters. The van der Waals surface area contributed by atoms with Crippen LogP contribution in [-0.2, 0) is 29.4 Å². The smallest absolute Gasteiger partial charge is 0.399 e. The Hall–Kier alpha value is -5.05. The van der Waals surface area contributed by atoms with E-state index in [0.29, 0.717) is 0 Å². The Morgan fingerprint density at radius 2 is 0.603 bits per heavy atom. The average Bonchev–Trinajstić information content (AvgIpc) is 4.05. The minimum absolute atomic E-state index is 0.483. The van der Waals surface area contributed by atoms with Gasteiger partial charge in [-0.3, -0.25) is 0 Å². The number of hydrogen-bond donors (Lipinski definition) is 0. The second-order valence-corrected chi connectivity index (χ2v) is 24.2. The summed E-state index contributed by atoms with van der Waals surface area (Å²) in [6, 6.07) is 51.8. The number of rotatable bonds is 6. The van der Waals surface area contributed by atoms with Crippen molar-refractivity contribution in [3.63, 3.8) is 0 Å². The molecule has 2 aromatic heterocycles. The molecule has 0 atom stereocenters. The highest BCUT2D eigenvalue weighted by atomic mass is 32.1. The fourth-order valence-corrected chi connectivity index (χ4v) is 13.9. The Morgan fingerprint density at radius 1 is 0.338 bits per heavy atom. The van der Waals surface area contributed by atoms with Crippen LogP contribution in [0.25, 0.3) is 31.7 Å². The molecule has 4 nitrogen and oxygen atoms in total. The fraction of sp³-hybridized carbons (Fsp3) is 0.300. The third kappa shape index (κ3) is 6.01. The molecule has 4 aliphatic rings. The minimum atomic E-state index is -0.681. The van der Waals surface area contributed by atoms with Crippen molar-refractivity contribution in [3.8, 4) is 20.9 Å². The maximum atomic E-state index is 6.87. The van der Waals surface area contributed by atoms with Crippen molar-refractivity contribution in [2.45, 2.75) is 116 Å². The van der Waals surface area contributed by atoms with Gasteiger partial charge in [0.1, 0.15) is 0 Å². The molecule has 0 N–H and O–H groups in total. The summed E-state index contributed by atoms with van der Waals surface area (Å²) in [5.41, 5.74) is 14.1. The van der Waals surface area contributed by atoms with Gasteiger partial charge in [-0.2, -0.15) is 0 Å². The van der Waals surface area contributed by atoms with Gasteiger partial charge < -0.3 is 18.6 Å². The van der Waals surface area contributed by atoms with E-state index in [-0.39, 0.29) is 0 Å². The molecule has 2 aliphatic heterocycles. The summed E-state index contributed by atoms with van der Waals surface area (Å²) in [6.45, 7) is 25.9.